The van der Waals surface area contributed by atoms with Crippen LogP contribution in [0.2, 0.25) is 0 Å². The summed E-state index contributed by atoms with van der Waals surface area (Å²) in [4.78, 5) is 9.06. The fourth-order valence-corrected chi connectivity index (χ4v) is 2.57. The lowest BCUT2D eigenvalue weighted by Gasteiger charge is -2.03. The van der Waals surface area contributed by atoms with E-state index in [0.717, 1.165) is 32.6 Å². The van der Waals surface area contributed by atoms with Crippen molar-refractivity contribution in [2.45, 2.75) is 6.54 Å². The number of pyridine rings is 1. The van der Waals surface area contributed by atoms with Crippen molar-refractivity contribution in [3.8, 4) is 11.5 Å². The van der Waals surface area contributed by atoms with Crippen LogP contribution in [0.5, 0.6) is 0 Å². The molecule has 2 heterocycles. The van der Waals surface area contributed by atoms with Crippen LogP contribution >= 0.6 is 15.9 Å². The molecule has 19 heavy (non-hydrogen) atoms. The first-order valence-corrected chi connectivity index (χ1v) is 6.76. The Morgan fingerprint density at radius 1 is 1.32 bits per heavy atom. The van der Waals surface area contributed by atoms with E-state index in [2.05, 4.69) is 25.9 Å². The minimum atomic E-state index is 0.523. The lowest BCUT2D eigenvalue weighted by Crippen LogP contribution is -1.96. The third-order valence-electron chi connectivity index (χ3n) is 3.15. The quantitative estimate of drug-likeness (QED) is 0.791. The Kier molecular flexibility index (Phi) is 3.08. The molecule has 0 spiro atoms. The number of aromatic nitrogens is 3. The van der Waals surface area contributed by atoms with Gasteiger partial charge in [0.05, 0.1) is 11.0 Å². The molecule has 0 atom stereocenters. The van der Waals surface area contributed by atoms with Crippen molar-refractivity contribution in [1.82, 2.24) is 14.5 Å². The molecule has 3 rings (SSSR count). The van der Waals surface area contributed by atoms with Crippen molar-refractivity contribution < 1.29 is 0 Å². The fourth-order valence-electron chi connectivity index (χ4n) is 2.13. The fraction of sp³-hybridized carbons (Fsp3) is 0.143. The van der Waals surface area contributed by atoms with Gasteiger partial charge in [-0.3, -0.25) is 4.98 Å². The number of rotatable bonds is 2. The molecule has 0 aliphatic heterocycles. The minimum absolute atomic E-state index is 0.523. The molecule has 0 radical (unpaired) electrons. The zero-order chi connectivity index (χ0) is 13.4. The predicted molar refractivity (Wildman–Crippen MR) is 79.5 cm³/mol. The van der Waals surface area contributed by atoms with Crippen LogP contribution in [0, 0.1) is 0 Å². The van der Waals surface area contributed by atoms with Gasteiger partial charge in [-0.05, 0) is 45.8 Å². The zero-order valence-electron chi connectivity index (χ0n) is 10.5. The SMILES string of the molecule is Cn1c(-c2ncccc2Br)nc2cc(CN)ccc21. The van der Waals surface area contributed by atoms with Crippen molar-refractivity contribution in [2.75, 3.05) is 0 Å². The number of hydrogen-bond acceptors (Lipinski definition) is 3. The van der Waals surface area contributed by atoms with Gasteiger partial charge in [0, 0.05) is 24.3 Å². The second kappa shape index (κ2) is 4.75. The average Bonchev–Trinajstić information content (AvgIpc) is 2.76. The summed E-state index contributed by atoms with van der Waals surface area (Å²) >= 11 is 3.52. The Balaban J connectivity index is 2.25. The second-order valence-electron chi connectivity index (χ2n) is 4.36. The van der Waals surface area contributed by atoms with Gasteiger partial charge < -0.3 is 10.3 Å². The van der Waals surface area contributed by atoms with Gasteiger partial charge in [-0.1, -0.05) is 6.07 Å². The maximum atomic E-state index is 5.67. The Morgan fingerprint density at radius 3 is 2.89 bits per heavy atom. The molecule has 5 heteroatoms. The highest BCUT2D eigenvalue weighted by atomic mass is 79.9. The minimum Gasteiger partial charge on any atom is -0.326 e. The molecule has 0 bridgehead atoms. The van der Waals surface area contributed by atoms with Gasteiger partial charge in [0.25, 0.3) is 0 Å². The molecule has 0 fully saturated rings. The summed E-state index contributed by atoms with van der Waals surface area (Å²) in [5, 5.41) is 0. The van der Waals surface area contributed by atoms with E-state index in [1.54, 1.807) is 6.20 Å². The monoisotopic (exact) mass is 316 g/mol. The van der Waals surface area contributed by atoms with Gasteiger partial charge in [-0.2, -0.15) is 0 Å². The molecule has 0 aliphatic carbocycles. The zero-order valence-corrected chi connectivity index (χ0v) is 12.1. The summed E-state index contributed by atoms with van der Waals surface area (Å²) in [7, 11) is 1.99. The van der Waals surface area contributed by atoms with Crippen molar-refractivity contribution in [3.05, 3.63) is 46.6 Å². The third-order valence-corrected chi connectivity index (χ3v) is 3.79. The van der Waals surface area contributed by atoms with E-state index in [0.29, 0.717) is 6.54 Å². The third kappa shape index (κ3) is 2.05. The molecule has 96 valence electrons. The first kappa shape index (κ1) is 12.3. The number of aryl methyl sites for hydroxylation is 1. The summed E-state index contributed by atoms with van der Waals surface area (Å²) < 4.78 is 2.98. The molecule has 2 aromatic heterocycles. The van der Waals surface area contributed by atoms with Gasteiger partial charge in [0.2, 0.25) is 0 Å². The molecule has 1 aromatic carbocycles. The van der Waals surface area contributed by atoms with E-state index in [9.17, 15) is 0 Å². The number of halogens is 1. The summed E-state index contributed by atoms with van der Waals surface area (Å²) in [6.45, 7) is 0.523. The molecule has 4 nitrogen and oxygen atoms in total. The molecule has 2 N–H and O–H groups in total. The molecular formula is C14H13BrN4. The van der Waals surface area contributed by atoms with E-state index in [1.807, 2.05) is 41.9 Å². The van der Waals surface area contributed by atoms with Crippen LogP contribution < -0.4 is 5.73 Å². The van der Waals surface area contributed by atoms with Crippen LogP contribution in [0.4, 0.5) is 0 Å². The smallest absolute Gasteiger partial charge is 0.160 e. The summed E-state index contributed by atoms with van der Waals surface area (Å²) in [6.07, 6.45) is 1.77. The number of hydrogen-bond donors (Lipinski definition) is 1. The van der Waals surface area contributed by atoms with E-state index in [4.69, 9.17) is 5.73 Å². The van der Waals surface area contributed by atoms with Crippen LogP contribution in [0.15, 0.2) is 41.0 Å². The first-order valence-electron chi connectivity index (χ1n) is 5.97. The van der Waals surface area contributed by atoms with Gasteiger partial charge in [-0.25, -0.2) is 4.98 Å². The van der Waals surface area contributed by atoms with Crippen molar-refractivity contribution in [3.63, 3.8) is 0 Å². The normalized spacial score (nSPS) is 11.1. The first-order chi connectivity index (χ1) is 9.20. The van der Waals surface area contributed by atoms with E-state index in [1.165, 1.54) is 0 Å². The maximum absolute atomic E-state index is 5.67. The molecule has 3 aromatic rings. The van der Waals surface area contributed by atoms with Gasteiger partial charge >= 0.3 is 0 Å². The van der Waals surface area contributed by atoms with Crippen molar-refractivity contribution in [1.29, 1.82) is 0 Å². The summed E-state index contributed by atoms with van der Waals surface area (Å²) in [6, 6.07) is 9.96. The van der Waals surface area contributed by atoms with Crippen molar-refractivity contribution in [2.24, 2.45) is 12.8 Å². The Hall–Kier alpha value is -1.72. The highest BCUT2D eigenvalue weighted by Gasteiger charge is 2.13. The number of nitrogens with zero attached hydrogens (tertiary/aromatic N) is 3. The summed E-state index contributed by atoms with van der Waals surface area (Å²) in [5.41, 5.74) is 9.61. The highest BCUT2D eigenvalue weighted by molar-refractivity contribution is 9.10. The molecule has 0 saturated heterocycles. The maximum Gasteiger partial charge on any atom is 0.160 e. The van der Waals surface area contributed by atoms with Gasteiger partial charge in [0.1, 0.15) is 5.69 Å². The molecule has 0 amide bonds. The number of imidazole rings is 1. The predicted octanol–water partition coefficient (Wildman–Crippen LogP) is 2.86. The average molecular weight is 317 g/mol. The van der Waals surface area contributed by atoms with E-state index in [-0.39, 0.29) is 0 Å². The van der Waals surface area contributed by atoms with Crippen LogP contribution in [-0.4, -0.2) is 14.5 Å². The summed E-state index contributed by atoms with van der Waals surface area (Å²) in [5.74, 6) is 0.844. The van der Waals surface area contributed by atoms with Gasteiger partial charge in [-0.15, -0.1) is 0 Å². The van der Waals surface area contributed by atoms with Gasteiger partial charge in [0.15, 0.2) is 5.82 Å². The lowest BCUT2D eigenvalue weighted by molar-refractivity contribution is 0.948. The van der Waals surface area contributed by atoms with E-state index >= 15 is 0 Å². The largest absolute Gasteiger partial charge is 0.326 e. The Labute approximate surface area is 119 Å². The molecule has 0 unspecified atom stereocenters. The topological polar surface area (TPSA) is 56.7 Å². The van der Waals surface area contributed by atoms with Crippen molar-refractivity contribution >= 4 is 27.0 Å². The highest BCUT2D eigenvalue weighted by Crippen LogP contribution is 2.27. The Bertz CT molecular complexity index is 748. The number of benzene rings is 1. The number of nitrogens with two attached hydrogens (primary N) is 1. The Morgan fingerprint density at radius 2 is 2.16 bits per heavy atom. The van der Waals surface area contributed by atoms with Crippen LogP contribution in [0.1, 0.15) is 5.56 Å². The molecule has 0 saturated carbocycles. The lowest BCUT2D eigenvalue weighted by atomic mass is 10.2. The van der Waals surface area contributed by atoms with E-state index < -0.39 is 0 Å². The molecule has 0 aliphatic rings. The van der Waals surface area contributed by atoms with Crippen LogP contribution in [-0.2, 0) is 13.6 Å². The van der Waals surface area contributed by atoms with Crippen LogP contribution in [0.3, 0.4) is 0 Å². The number of fused-ring (bicyclic) bond motifs is 1. The second-order valence-corrected chi connectivity index (χ2v) is 5.21. The van der Waals surface area contributed by atoms with Crippen LogP contribution in [0.25, 0.3) is 22.6 Å². The molecular weight excluding hydrogens is 304 g/mol. The standard InChI is InChI=1S/C14H13BrN4/c1-19-12-5-4-9(8-16)7-11(12)18-14(19)13-10(15)3-2-6-17-13/h2-7H,8,16H2,1H3.